The maximum absolute atomic E-state index is 12.8. The van der Waals surface area contributed by atoms with Gasteiger partial charge in [0.2, 0.25) is 0 Å². The molecule has 1 atom stereocenters. The number of ether oxygens (including phenoxy) is 3. The summed E-state index contributed by atoms with van der Waals surface area (Å²) < 4.78 is 16.4. The Morgan fingerprint density at radius 3 is 1.36 bits per heavy atom. The summed E-state index contributed by atoms with van der Waals surface area (Å²) in [5.74, 6) is -1.42. The van der Waals surface area contributed by atoms with Gasteiger partial charge in [-0.05, 0) is 91.1 Å². The third-order valence-electron chi connectivity index (χ3n) is 9.11. The van der Waals surface area contributed by atoms with E-state index in [2.05, 4.69) is 62.5 Å². The Morgan fingerprint density at radius 1 is 0.491 bits per heavy atom. The molecule has 0 aromatic carbocycles. The van der Waals surface area contributed by atoms with E-state index in [-0.39, 0.29) is 31.8 Å². The number of carbonyl (C=O) groups excluding carboxylic acids is 3. The lowest BCUT2D eigenvalue weighted by Crippen LogP contribution is -2.31. The standard InChI is InChI=1S/C46H81NO6/c1-5-7-9-11-13-15-17-19-21-23-25-27-29-31-33-35-41-51-44(48)38-37-43(53-45(49)39-40-47(3)4)46(50)52-42-36-34-32-30-28-26-24-22-20-18-16-14-12-10-8-6-2/h13-16,19-22,43H,5-12,17-18,23-42H2,1-4H3/b15-13-,16-14-,21-19-,22-20-. The molecule has 1 unspecified atom stereocenters. The SMILES string of the molecule is CCCCC/C=C\C/C=C\CCCCCCCCOC(=O)CCC(OC(=O)CCN(C)C)C(=O)OCCCCCCCC/C=C\C/C=C\CCCCC. The molecule has 0 radical (unpaired) electrons. The molecule has 7 nitrogen and oxygen atoms in total. The van der Waals surface area contributed by atoms with Crippen LogP contribution in [0.3, 0.4) is 0 Å². The predicted octanol–water partition coefficient (Wildman–Crippen LogP) is 12.3. The summed E-state index contributed by atoms with van der Waals surface area (Å²) in [6, 6.07) is 0. The van der Waals surface area contributed by atoms with Crippen molar-refractivity contribution in [3.05, 3.63) is 48.6 Å². The van der Waals surface area contributed by atoms with Crippen LogP contribution in [0.15, 0.2) is 48.6 Å². The summed E-state index contributed by atoms with van der Waals surface area (Å²) in [4.78, 5) is 39.5. The van der Waals surface area contributed by atoms with Gasteiger partial charge in [0, 0.05) is 19.4 Å². The van der Waals surface area contributed by atoms with E-state index in [1.165, 1.54) is 89.9 Å². The molecule has 0 heterocycles. The highest BCUT2D eigenvalue weighted by atomic mass is 16.6. The summed E-state index contributed by atoms with van der Waals surface area (Å²) in [7, 11) is 3.74. The first-order chi connectivity index (χ1) is 25.9. The van der Waals surface area contributed by atoms with Gasteiger partial charge in [-0.3, -0.25) is 9.59 Å². The molecule has 0 aliphatic carbocycles. The van der Waals surface area contributed by atoms with Crippen molar-refractivity contribution in [1.29, 1.82) is 0 Å². The molecule has 0 saturated heterocycles. The molecule has 0 aliphatic heterocycles. The van der Waals surface area contributed by atoms with Gasteiger partial charge in [-0.15, -0.1) is 0 Å². The number of nitrogens with zero attached hydrogens (tertiary/aromatic N) is 1. The van der Waals surface area contributed by atoms with Gasteiger partial charge in [-0.2, -0.15) is 0 Å². The van der Waals surface area contributed by atoms with Gasteiger partial charge in [0.1, 0.15) is 0 Å². The average Bonchev–Trinajstić information content (AvgIpc) is 3.14. The summed E-state index contributed by atoms with van der Waals surface area (Å²) in [6.45, 7) is 5.65. The minimum atomic E-state index is -1.09. The zero-order valence-corrected chi connectivity index (χ0v) is 34.8. The fourth-order valence-corrected chi connectivity index (χ4v) is 5.71. The Kier molecular flexibility index (Phi) is 38.5. The molecule has 7 heteroatoms. The monoisotopic (exact) mass is 744 g/mol. The highest BCUT2D eigenvalue weighted by Crippen LogP contribution is 2.13. The van der Waals surface area contributed by atoms with Crippen molar-refractivity contribution in [2.24, 2.45) is 0 Å². The van der Waals surface area contributed by atoms with E-state index in [4.69, 9.17) is 14.2 Å². The lowest BCUT2D eigenvalue weighted by Gasteiger charge is -2.17. The van der Waals surface area contributed by atoms with Crippen LogP contribution in [0.5, 0.6) is 0 Å². The van der Waals surface area contributed by atoms with Crippen LogP contribution in [-0.2, 0) is 28.6 Å². The van der Waals surface area contributed by atoms with Crippen LogP contribution in [-0.4, -0.2) is 62.8 Å². The topological polar surface area (TPSA) is 82.1 Å². The number of unbranched alkanes of at least 4 members (excludes halogenated alkanes) is 18. The van der Waals surface area contributed by atoms with Gasteiger partial charge in [-0.1, -0.05) is 140 Å². The summed E-state index contributed by atoms with van der Waals surface area (Å²) in [5.41, 5.74) is 0. The van der Waals surface area contributed by atoms with Crippen molar-refractivity contribution in [2.75, 3.05) is 33.9 Å². The molecule has 0 saturated carbocycles. The first kappa shape index (κ1) is 50.3. The molecule has 0 aliphatic rings. The van der Waals surface area contributed by atoms with Crippen molar-refractivity contribution in [2.45, 2.75) is 193 Å². The van der Waals surface area contributed by atoms with Crippen molar-refractivity contribution in [3.8, 4) is 0 Å². The maximum Gasteiger partial charge on any atom is 0.347 e. The highest BCUT2D eigenvalue weighted by molar-refractivity contribution is 5.80. The zero-order valence-electron chi connectivity index (χ0n) is 34.8. The normalized spacial score (nSPS) is 12.5. The van der Waals surface area contributed by atoms with Crippen molar-refractivity contribution >= 4 is 17.9 Å². The van der Waals surface area contributed by atoms with E-state index >= 15 is 0 Å². The fraction of sp³-hybridized carbons (Fsp3) is 0.761. The number of rotatable bonds is 38. The molecular formula is C46H81NO6. The molecule has 0 bridgehead atoms. The highest BCUT2D eigenvalue weighted by Gasteiger charge is 2.26. The van der Waals surface area contributed by atoms with Gasteiger partial charge < -0.3 is 19.1 Å². The first-order valence-electron chi connectivity index (χ1n) is 21.7. The second-order valence-corrected chi connectivity index (χ2v) is 14.6. The van der Waals surface area contributed by atoms with Gasteiger partial charge in [0.25, 0.3) is 0 Å². The molecule has 0 N–H and O–H groups in total. The second-order valence-electron chi connectivity index (χ2n) is 14.6. The first-order valence-corrected chi connectivity index (χ1v) is 21.7. The Morgan fingerprint density at radius 2 is 0.906 bits per heavy atom. The van der Waals surface area contributed by atoms with Crippen molar-refractivity contribution in [1.82, 2.24) is 4.90 Å². The van der Waals surface area contributed by atoms with Crippen LogP contribution in [0.1, 0.15) is 187 Å². The quantitative estimate of drug-likeness (QED) is 0.0269. The number of esters is 3. The van der Waals surface area contributed by atoms with E-state index < -0.39 is 18.0 Å². The largest absolute Gasteiger partial charge is 0.466 e. The second kappa shape index (κ2) is 40.5. The van der Waals surface area contributed by atoms with Crippen LogP contribution < -0.4 is 0 Å². The molecule has 53 heavy (non-hydrogen) atoms. The minimum Gasteiger partial charge on any atom is -0.466 e. The van der Waals surface area contributed by atoms with Gasteiger partial charge in [0.15, 0.2) is 6.10 Å². The van der Waals surface area contributed by atoms with Crippen LogP contribution >= 0.6 is 0 Å². The maximum atomic E-state index is 12.8. The third kappa shape index (κ3) is 38.9. The third-order valence-corrected chi connectivity index (χ3v) is 9.11. The van der Waals surface area contributed by atoms with Crippen LogP contribution in [0.4, 0.5) is 0 Å². The number of hydrogen-bond acceptors (Lipinski definition) is 7. The molecule has 306 valence electrons. The van der Waals surface area contributed by atoms with Gasteiger partial charge in [0.05, 0.1) is 19.6 Å². The molecule has 0 fully saturated rings. The Bertz CT molecular complexity index is 969. The molecule has 0 aromatic heterocycles. The van der Waals surface area contributed by atoms with Gasteiger partial charge in [-0.25, -0.2) is 4.79 Å². The van der Waals surface area contributed by atoms with E-state index in [9.17, 15) is 14.4 Å². The van der Waals surface area contributed by atoms with Crippen LogP contribution in [0, 0.1) is 0 Å². The molecule has 0 spiro atoms. The average molecular weight is 744 g/mol. The molecule has 0 aromatic rings. The lowest BCUT2D eigenvalue weighted by molar-refractivity contribution is -0.169. The Hall–Kier alpha value is -2.67. The summed E-state index contributed by atoms with van der Waals surface area (Å²) >= 11 is 0. The number of hydrogen-bond donors (Lipinski definition) is 0. The van der Waals surface area contributed by atoms with E-state index in [1.807, 2.05) is 19.0 Å². The van der Waals surface area contributed by atoms with Crippen molar-refractivity contribution in [3.63, 3.8) is 0 Å². The van der Waals surface area contributed by atoms with E-state index in [0.717, 1.165) is 64.2 Å². The zero-order chi connectivity index (χ0) is 38.9. The van der Waals surface area contributed by atoms with Gasteiger partial charge >= 0.3 is 17.9 Å². The summed E-state index contributed by atoms with van der Waals surface area (Å²) in [6.07, 6.45) is 45.0. The number of carbonyl (C=O) groups is 3. The smallest absolute Gasteiger partial charge is 0.347 e. The predicted molar refractivity (Wildman–Crippen MR) is 223 cm³/mol. The van der Waals surface area contributed by atoms with Crippen LogP contribution in [0.25, 0.3) is 0 Å². The fourth-order valence-electron chi connectivity index (χ4n) is 5.71. The molecule has 0 rings (SSSR count). The van der Waals surface area contributed by atoms with E-state index in [1.54, 1.807) is 0 Å². The van der Waals surface area contributed by atoms with Crippen LogP contribution in [0.2, 0.25) is 0 Å². The molecular weight excluding hydrogens is 663 g/mol. The van der Waals surface area contributed by atoms with E-state index in [0.29, 0.717) is 13.2 Å². The summed E-state index contributed by atoms with van der Waals surface area (Å²) in [5, 5.41) is 0. The minimum absolute atomic E-state index is 0.00777. The number of allylic oxidation sites excluding steroid dienone is 8. The Labute approximate surface area is 326 Å². The van der Waals surface area contributed by atoms with Crippen molar-refractivity contribution < 1.29 is 28.6 Å². The molecule has 0 amide bonds. The lowest BCUT2D eigenvalue weighted by atomic mass is 10.1. The Balaban J connectivity index is 4.12.